The summed E-state index contributed by atoms with van der Waals surface area (Å²) in [5.74, 6) is 0. The summed E-state index contributed by atoms with van der Waals surface area (Å²) in [6, 6.07) is 1.84. The molecular formula is C14H19F3N4O. The van der Waals surface area contributed by atoms with Gasteiger partial charge in [0.05, 0.1) is 11.9 Å². The van der Waals surface area contributed by atoms with E-state index in [1.807, 2.05) is 0 Å². The maximum absolute atomic E-state index is 12.4. The number of anilines is 1. The molecule has 1 aliphatic heterocycles. The van der Waals surface area contributed by atoms with Crippen LogP contribution in [0, 0.1) is 0 Å². The number of aromatic nitrogens is 1. The zero-order valence-corrected chi connectivity index (χ0v) is 12.3. The first-order valence-corrected chi connectivity index (χ1v) is 7.15. The molecule has 8 heteroatoms. The number of hydrogen-bond acceptors (Lipinski definition) is 3. The molecule has 122 valence electrons. The molecule has 0 aliphatic carbocycles. The highest BCUT2D eigenvalue weighted by molar-refractivity contribution is 5.89. The van der Waals surface area contributed by atoms with Crippen molar-refractivity contribution in [1.82, 2.24) is 15.2 Å². The van der Waals surface area contributed by atoms with E-state index in [1.54, 1.807) is 11.9 Å². The Labute approximate surface area is 126 Å². The summed E-state index contributed by atoms with van der Waals surface area (Å²) < 4.78 is 37.3. The molecule has 0 saturated carbocycles. The first kappa shape index (κ1) is 16.5. The summed E-state index contributed by atoms with van der Waals surface area (Å²) in [5, 5.41) is 5.84. The van der Waals surface area contributed by atoms with Crippen LogP contribution < -0.4 is 10.6 Å². The van der Waals surface area contributed by atoms with Gasteiger partial charge in [-0.15, -0.1) is 0 Å². The molecule has 1 aromatic heterocycles. The van der Waals surface area contributed by atoms with Gasteiger partial charge < -0.3 is 15.5 Å². The van der Waals surface area contributed by atoms with Crippen LogP contribution in [0.4, 0.5) is 23.7 Å². The lowest BCUT2D eigenvalue weighted by molar-refractivity contribution is -0.141. The predicted octanol–water partition coefficient (Wildman–Crippen LogP) is 2.71. The van der Waals surface area contributed by atoms with Gasteiger partial charge in [-0.1, -0.05) is 0 Å². The maximum Gasteiger partial charge on any atom is 0.433 e. The molecule has 1 saturated heterocycles. The third-order valence-electron chi connectivity index (χ3n) is 3.72. The molecule has 1 fully saturated rings. The average Bonchev–Trinajstić information content (AvgIpc) is 2.75. The van der Waals surface area contributed by atoms with E-state index in [-0.39, 0.29) is 17.8 Å². The van der Waals surface area contributed by atoms with E-state index in [0.29, 0.717) is 0 Å². The first-order chi connectivity index (χ1) is 10.4. The molecule has 2 rings (SSSR count). The van der Waals surface area contributed by atoms with Gasteiger partial charge in [-0.2, -0.15) is 13.2 Å². The minimum absolute atomic E-state index is 0.123. The number of pyridine rings is 1. The van der Waals surface area contributed by atoms with Crippen molar-refractivity contribution in [2.24, 2.45) is 0 Å². The normalized spacial score (nSPS) is 19.4. The van der Waals surface area contributed by atoms with Crippen molar-refractivity contribution in [1.29, 1.82) is 0 Å². The first-order valence-electron chi connectivity index (χ1n) is 7.15. The molecule has 1 unspecified atom stereocenters. The van der Waals surface area contributed by atoms with Crippen molar-refractivity contribution in [2.75, 3.05) is 25.5 Å². The highest BCUT2D eigenvalue weighted by Gasteiger charge is 2.32. The number of alkyl halides is 3. The zero-order chi connectivity index (χ0) is 16.2. The van der Waals surface area contributed by atoms with E-state index in [9.17, 15) is 18.0 Å². The predicted molar refractivity (Wildman–Crippen MR) is 76.5 cm³/mol. The minimum Gasteiger partial charge on any atom is -0.325 e. The molecule has 22 heavy (non-hydrogen) atoms. The Morgan fingerprint density at radius 2 is 2.14 bits per heavy atom. The summed E-state index contributed by atoms with van der Waals surface area (Å²) in [6.07, 6.45) is -0.711. The maximum atomic E-state index is 12.4. The van der Waals surface area contributed by atoms with Gasteiger partial charge in [-0.3, -0.25) is 0 Å². The second-order valence-electron chi connectivity index (χ2n) is 5.31. The fraction of sp³-hybridized carbons (Fsp3) is 0.571. The van der Waals surface area contributed by atoms with Gasteiger partial charge in [0.2, 0.25) is 0 Å². The molecule has 0 spiro atoms. The number of carbonyl (C=O) groups is 1. The Morgan fingerprint density at radius 1 is 1.36 bits per heavy atom. The van der Waals surface area contributed by atoms with Crippen LogP contribution in [-0.4, -0.2) is 42.1 Å². The number of carbonyl (C=O) groups excluding carboxylic acids is 1. The van der Waals surface area contributed by atoms with Gasteiger partial charge >= 0.3 is 12.2 Å². The van der Waals surface area contributed by atoms with E-state index < -0.39 is 11.9 Å². The van der Waals surface area contributed by atoms with Crippen LogP contribution in [0.1, 0.15) is 25.0 Å². The quantitative estimate of drug-likeness (QED) is 0.882. The fourth-order valence-electron chi connectivity index (χ4n) is 2.40. The van der Waals surface area contributed by atoms with Crippen LogP contribution in [0.3, 0.4) is 0 Å². The van der Waals surface area contributed by atoms with Crippen molar-refractivity contribution in [3.63, 3.8) is 0 Å². The van der Waals surface area contributed by atoms with Crippen molar-refractivity contribution in [2.45, 2.75) is 31.5 Å². The standard InChI is InChI=1S/C14H19F3N4O/c1-21(11-3-2-7-18-8-6-11)13(22)20-10-4-5-12(19-9-10)14(15,16)17/h4-5,9,11,18H,2-3,6-8H2,1H3,(H,20,22). The fourth-order valence-corrected chi connectivity index (χ4v) is 2.40. The van der Waals surface area contributed by atoms with Crippen LogP contribution in [0.25, 0.3) is 0 Å². The summed E-state index contributed by atoms with van der Waals surface area (Å²) in [4.78, 5) is 17.1. The Bertz CT molecular complexity index is 496. The molecule has 1 aliphatic rings. The van der Waals surface area contributed by atoms with Crippen LogP contribution >= 0.6 is 0 Å². The number of halogens is 3. The third kappa shape index (κ3) is 4.33. The lowest BCUT2D eigenvalue weighted by Crippen LogP contribution is -2.40. The van der Waals surface area contributed by atoms with E-state index in [2.05, 4.69) is 15.6 Å². The highest BCUT2D eigenvalue weighted by atomic mass is 19.4. The van der Waals surface area contributed by atoms with Crippen molar-refractivity contribution in [3.8, 4) is 0 Å². The zero-order valence-electron chi connectivity index (χ0n) is 12.3. The third-order valence-corrected chi connectivity index (χ3v) is 3.72. The second-order valence-corrected chi connectivity index (χ2v) is 5.31. The van der Waals surface area contributed by atoms with Gasteiger partial charge in [0.25, 0.3) is 0 Å². The summed E-state index contributed by atoms with van der Waals surface area (Å²) >= 11 is 0. The SMILES string of the molecule is CN(C(=O)Nc1ccc(C(F)(F)F)nc1)C1CCCNCC1. The van der Waals surface area contributed by atoms with Crippen LogP contribution in [0.5, 0.6) is 0 Å². The number of rotatable bonds is 2. The summed E-state index contributed by atoms with van der Waals surface area (Å²) in [7, 11) is 1.70. The molecule has 2 amide bonds. The lowest BCUT2D eigenvalue weighted by Gasteiger charge is -2.27. The topological polar surface area (TPSA) is 57.3 Å². The van der Waals surface area contributed by atoms with Crippen molar-refractivity contribution >= 4 is 11.7 Å². The number of amides is 2. The average molecular weight is 316 g/mol. The van der Waals surface area contributed by atoms with Crippen molar-refractivity contribution < 1.29 is 18.0 Å². The number of hydrogen-bond donors (Lipinski definition) is 2. The largest absolute Gasteiger partial charge is 0.433 e. The van der Waals surface area contributed by atoms with Gasteiger partial charge in [-0.05, 0) is 44.5 Å². The molecule has 2 N–H and O–H groups in total. The van der Waals surface area contributed by atoms with E-state index in [0.717, 1.165) is 44.6 Å². The number of nitrogens with zero attached hydrogens (tertiary/aromatic N) is 2. The molecule has 0 aromatic carbocycles. The summed E-state index contributed by atoms with van der Waals surface area (Å²) in [6.45, 7) is 1.79. The number of urea groups is 1. The minimum atomic E-state index is -4.48. The second kappa shape index (κ2) is 6.95. The molecule has 1 atom stereocenters. The van der Waals surface area contributed by atoms with E-state index in [4.69, 9.17) is 0 Å². The molecular weight excluding hydrogens is 297 g/mol. The highest BCUT2D eigenvalue weighted by Crippen LogP contribution is 2.27. The smallest absolute Gasteiger partial charge is 0.325 e. The Kier molecular flexibility index (Phi) is 5.23. The van der Waals surface area contributed by atoms with E-state index in [1.165, 1.54) is 6.07 Å². The molecule has 0 bridgehead atoms. The van der Waals surface area contributed by atoms with Gasteiger partial charge in [0.1, 0.15) is 5.69 Å². The van der Waals surface area contributed by atoms with Crippen molar-refractivity contribution in [3.05, 3.63) is 24.0 Å². The Hall–Kier alpha value is -1.83. The lowest BCUT2D eigenvalue weighted by atomic mass is 10.1. The monoisotopic (exact) mass is 316 g/mol. The molecule has 0 radical (unpaired) electrons. The molecule has 2 heterocycles. The van der Waals surface area contributed by atoms with Crippen LogP contribution in [0.2, 0.25) is 0 Å². The molecule has 5 nitrogen and oxygen atoms in total. The van der Waals surface area contributed by atoms with Gasteiger partial charge in [-0.25, -0.2) is 9.78 Å². The van der Waals surface area contributed by atoms with Crippen LogP contribution in [0.15, 0.2) is 18.3 Å². The molecule has 1 aromatic rings. The Morgan fingerprint density at radius 3 is 2.77 bits per heavy atom. The summed E-state index contributed by atoms with van der Waals surface area (Å²) in [5.41, 5.74) is -0.731. The van der Waals surface area contributed by atoms with E-state index >= 15 is 0 Å². The van der Waals surface area contributed by atoms with Gasteiger partial charge in [0, 0.05) is 13.1 Å². The van der Waals surface area contributed by atoms with Crippen LogP contribution in [-0.2, 0) is 6.18 Å². The number of nitrogens with one attached hydrogen (secondary N) is 2. The van der Waals surface area contributed by atoms with Gasteiger partial charge in [0.15, 0.2) is 0 Å². The Balaban J connectivity index is 1.95.